The molecule has 7 heteroatoms. The predicted molar refractivity (Wildman–Crippen MR) is 86.9 cm³/mol. The Morgan fingerprint density at radius 2 is 2.05 bits per heavy atom. The molecule has 0 aliphatic rings. The van der Waals surface area contributed by atoms with Crippen molar-refractivity contribution in [2.24, 2.45) is 0 Å². The van der Waals surface area contributed by atoms with Crippen molar-refractivity contribution in [3.05, 3.63) is 57.8 Å². The summed E-state index contributed by atoms with van der Waals surface area (Å²) in [6, 6.07) is 8.37. The molecule has 2 rings (SSSR count). The van der Waals surface area contributed by atoms with Crippen molar-refractivity contribution in [1.29, 1.82) is 0 Å². The molecule has 1 heterocycles. The van der Waals surface area contributed by atoms with Crippen LogP contribution in [0.5, 0.6) is 0 Å². The highest BCUT2D eigenvalue weighted by Crippen LogP contribution is 2.21. The van der Waals surface area contributed by atoms with E-state index in [1.807, 2.05) is 0 Å². The van der Waals surface area contributed by atoms with Gasteiger partial charge < -0.3 is 10.1 Å². The lowest BCUT2D eigenvalue weighted by Gasteiger charge is -2.14. The maximum atomic E-state index is 12.0. The van der Waals surface area contributed by atoms with Gasteiger partial charge in [0.1, 0.15) is 0 Å². The second-order valence-electron chi connectivity index (χ2n) is 4.41. The minimum Gasteiger partial charge on any atom is -0.449 e. The Balaban J connectivity index is 1.99. The molecule has 0 aliphatic heterocycles. The summed E-state index contributed by atoms with van der Waals surface area (Å²) in [5.41, 5.74) is 0.716. The molecular weight excluding hydrogens is 372 g/mol. The van der Waals surface area contributed by atoms with E-state index in [0.717, 1.165) is 0 Å². The van der Waals surface area contributed by atoms with Crippen LogP contribution in [0.15, 0.2) is 47.2 Å². The number of pyridine rings is 1. The Bertz CT molecular complexity index is 709. The Morgan fingerprint density at radius 3 is 2.73 bits per heavy atom. The fraction of sp³-hybridized carbons (Fsp3) is 0.133. The van der Waals surface area contributed by atoms with E-state index in [1.54, 1.807) is 36.5 Å². The summed E-state index contributed by atoms with van der Waals surface area (Å²) in [7, 11) is 0. The summed E-state index contributed by atoms with van der Waals surface area (Å²) in [5.74, 6) is -1.10. The maximum absolute atomic E-state index is 12.0. The number of anilines is 1. The normalized spacial score (nSPS) is 11.6. The van der Waals surface area contributed by atoms with Crippen molar-refractivity contribution in [3.63, 3.8) is 0 Å². The monoisotopic (exact) mass is 382 g/mol. The Labute approximate surface area is 140 Å². The first kappa shape index (κ1) is 16.5. The lowest BCUT2D eigenvalue weighted by molar-refractivity contribution is -0.123. The summed E-state index contributed by atoms with van der Waals surface area (Å²) in [4.78, 5) is 27.8. The molecule has 0 bridgehead atoms. The zero-order valence-electron chi connectivity index (χ0n) is 11.5. The van der Waals surface area contributed by atoms with Gasteiger partial charge in [-0.3, -0.25) is 9.78 Å². The number of halogens is 2. The van der Waals surface area contributed by atoms with Crippen LogP contribution in [-0.2, 0) is 9.53 Å². The van der Waals surface area contributed by atoms with Gasteiger partial charge >= 0.3 is 5.97 Å². The van der Waals surface area contributed by atoms with Gasteiger partial charge in [-0.25, -0.2) is 4.79 Å². The quantitative estimate of drug-likeness (QED) is 0.818. The number of hydrogen-bond donors (Lipinski definition) is 1. The number of benzene rings is 1. The van der Waals surface area contributed by atoms with Crippen LogP contribution in [0.4, 0.5) is 5.69 Å². The van der Waals surface area contributed by atoms with Crippen molar-refractivity contribution in [1.82, 2.24) is 4.98 Å². The molecule has 1 amide bonds. The van der Waals surface area contributed by atoms with Crippen molar-refractivity contribution in [2.45, 2.75) is 13.0 Å². The lowest BCUT2D eigenvalue weighted by Crippen LogP contribution is -2.30. The molecule has 0 fully saturated rings. The molecule has 0 aliphatic carbocycles. The van der Waals surface area contributed by atoms with E-state index >= 15 is 0 Å². The summed E-state index contributed by atoms with van der Waals surface area (Å²) < 4.78 is 5.76. The number of carbonyl (C=O) groups excluding carboxylic acids is 2. The molecule has 1 atom stereocenters. The van der Waals surface area contributed by atoms with E-state index in [0.29, 0.717) is 15.2 Å². The highest BCUT2D eigenvalue weighted by atomic mass is 79.9. The van der Waals surface area contributed by atoms with Gasteiger partial charge in [-0.1, -0.05) is 23.7 Å². The van der Waals surface area contributed by atoms with Gasteiger partial charge in [0.15, 0.2) is 6.10 Å². The number of nitrogens with one attached hydrogen (secondary N) is 1. The van der Waals surface area contributed by atoms with E-state index in [4.69, 9.17) is 16.3 Å². The van der Waals surface area contributed by atoms with E-state index in [-0.39, 0.29) is 5.56 Å². The van der Waals surface area contributed by atoms with Crippen LogP contribution in [-0.4, -0.2) is 23.0 Å². The molecule has 2 aromatic rings. The minimum absolute atomic E-state index is 0.256. The van der Waals surface area contributed by atoms with Crippen molar-refractivity contribution >= 4 is 45.1 Å². The molecule has 22 heavy (non-hydrogen) atoms. The minimum atomic E-state index is -0.970. The SMILES string of the molecule is CC(OC(=O)c1cncc(Br)c1)C(=O)Nc1ccccc1Cl. The van der Waals surface area contributed by atoms with Gasteiger partial charge in [0.25, 0.3) is 5.91 Å². The van der Waals surface area contributed by atoms with E-state index < -0.39 is 18.0 Å². The van der Waals surface area contributed by atoms with Crippen molar-refractivity contribution in [3.8, 4) is 0 Å². The molecule has 1 N–H and O–H groups in total. The van der Waals surface area contributed by atoms with Crippen LogP contribution in [0.25, 0.3) is 0 Å². The van der Waals surface area contributed by atoms with Gasteiger partial charge in [-0.15, -0.1) is 0 Å². The molecule has 0 radical (unpaired) electrons. The fourth-order valence-corrected chi connectivity index (χ4v) is 2.15. The number of nitrogens with zero attached hydrogens (tertiary/aromatic N) is 1. The molecule has 1 unspecified atom stereocenters. The number of amides is 1. The summed E-state index contributed by atoms with van der Waals surface area (Å²) in [6.07, 6.45) is 1.94. The van der Waals surface area contributed by atoms with E-state index in [9.17, 15) is 9.59 Å². The smallest absolute Gasteiger partial charge is 0.340 e. The third-order valence-electron chi connectivity index (χ3n) is 2.73. The molecule has 5 nitrogen and oxygen atoms in total. The van der Waals surface area contributed by atoms with Gasteiger partial charge in [0.2, 0.25) is 0 Å². The number of rotatable bonds is 4. The third-order valence-corrected chi connectivity index (χ3v) is 3.49. The molecule has 0 saturated heterocycles. The zero-order valence-corrected chi connectivity index (χ0v) is 13.9. The predicted octanol–water partition coefficient (Wildman–Crippen LogP) is 3.68. The lowest BCUT2D eigenvalue weighted by atomic mass is 10.2. The average Bonchev–Trinajstić information content (AvgIpc) is 2.49. The van der Waals surface area contributed by atoms with Crippen molar-refractivity contribution in [2.75, 3.05) is 5.32 Å². The summed E-state index contributed by atoms with van der Waals surface area (Å²) >= 11 is 9.17. The fourth-order valence-electron chi connectivity index (χ4n) is 1.60. The Morgan fingerprint density at radius 1 is 1.32 bits per heavy atom. The van der Waals surface area contributed by atoms with Crippen LogP contribution >= 0.6 is 27.5 Å². The number of carbonyl (C=O) groups is 2. The summed E-state index contributed by atoms with van der Waals surface area (Å²) in [5, 5.41) is 3.01. The van der Waals surface area contributed by atoms with Crippen molar-refractivity contribution < 1.29 is 14.3 Å². The molecule has 1 aromatic heterocycles. The first-order valence-corrected chi connectivity index (χ1v) is 7.51. The topological polar surface area (TPSA) is 68.3 Å². The Hall–Kier alpha value is -1.92. The molecular formula is C15H12BrClN2O3. The van der Waals surface area contributed by atoms with E-state index in [2.05, 4.69) is 26.2 Å². The maximum Gasteiger partial charge on any atom is 0.340 e. The number of esters is 1. The highest BCUT2D eigenvalue weighted by molar-refractivity contribution is 9.10. The van der Waals surface area contributed by atoms with Crippen LogP contribution in [0.3, 0.4) is 0 Å². The molecule has 114 valence electrons. The molecule has 0 saturated carbocycles. The highest BCUT2D eigenvalue weighted by Gasteiger charge is 2.20. The van der Waals surface area contributed by atoms with Gasteiger partial charge in [-0.05, 0) is 41.1 Å². The molecule has 1 aromatic carbocycles. The number of aromatic nitrogens is 1. The second-order valence-corrected chi connectivity index (χ2v) is 5.73. The number of para-hydroxylation sites is 1. The van der Waals surface area contributed by atoms with Crippen LogP contribution in [0.1, 0.15) is 17.3 Å². The number of ether oxygens (including phenoxy) is 1. The Kier molecular flexibility index (Phi) is 5.51. The third kappa shape index (κ3) is 4.29. The van der Waals surface area contributed by atoms with E-state index in [1.165, 1.54) is 13.1 Å². The van der Waals surface area contributed by atoms with Gasteiger partial charge in [0, 0.05) is 16.9 Å². The first-order valence-electron chi connectivity index (χ1n) is 6.34. The van der Waals surface area contributed by atoms with Crippen LogP contribution in [0.2, 0.25) is 5.02 Å². The standard InChI is InChI=1S/C15H12BrClN2O3/c1-9(14(20)19-13-5-3-2-4-12(13)17)22-15(21)10-6-11(16)8-18-7-10/h2-9H,1H3,(H,19,20). The average molecular weight is 384 g/mol. The summed E-state index contributed by atoms with van der Waals surface area (Å²) in [6.45, 7) is 1.48. The van der Waals surface area contributed by atoms with Crippen LogP contribution in [0, 0.1) is 0 Å². The second kappa shape index (κ2) is 7.38. The van der Waals surface area contributed by atoms with Gasteiger partial charge in [0.05, 0.1) is 16.3 Å². The zero-order chi connectivity index (χ0) is 16.1. The number of hydrogen-bond acceptors (Lipinski definition) is 4. The largest absolute Gasteiger partial charge is 0.449 e. The first-order chi connectivity index (χ1) is 10.5. The van der Waals surface area contributed by atoms with Gasteiger partial charge in [-0.2, -0.15) is 0 Å². The molecule has 0 spiro atoms. The van der Waals surface area contributed by atoms with Crippen LogP contribution < -0.4 is 5.32 Å².